The van der Waals surface area contributed by atoms with Crippen LogP contribution in [0.25, 0.3) is 0 Å². The normalized spacial score (nSPS) is 18.3. The first kappa shape index (κ1) is 71.9. The van der Waals surface area contributed by atoms with E-state index >= 15 is 0 Å². The number of hydrogen-bond acceptors (Lipinski definition) is 20. The third kappa shape index (κ3) is 19.4. The number of benzene rings is 7. The molecule has 506 valence electrons. The van der Waals surface area contributed by atoms with Crippen molar-refractivity contribution in [3.05, 3.63) is 316 Å². The second kappa shape index (κ2) is 35.6. The monoisotopic (exact) mass is 1330 g/mol. The summed E-state index contributed by atoms with van der Waals surface area (Å²) in [6, 6.07) is 57.0. The first-order valence-corrected chi connectivity index (χ1v) is 30.8. The predicted octanol–water partition coefficient (Wildman–Crippen LogP) is 9.22. The number of aromatic nitrogens is 4. The molecular weight excluding hydrogens is 1260 g/mol. The molecule has 8 unspecified atom stereocenters. The molecule has 24 heteroatoms. The molecule has 4 heterocycles. The zero-order valence-electron chi connectivity index (χ0n) is 52.3. The average molecular weight is 1340 g/mol. The van der Waals surface area contributed by atoms with Crippen molar-refractivity contribution < 1.29 is 76.2 Å². The van der Waals surface area contributed by atoms with Gasteiger partial charge in [0.25, 0.3) is 11.1 Å². The molecule has 2 aliphatic rings. The maximum atomic E-state index is 13.4. The van der Waals surface area contributed by atoms with Crippen LogP contribution in [0.1, 0.15) is 124 Å². The molecule has 24 nitrogen and oxygen atoms in total. The highest BCUT2D eigenvalue weighted by atomic mass is 16.7. The van der Waals surface area contributed by atoms with Gasteiger partial charge >= 0.3 is 53.2 Å². The first-order chi connectivity index (χ1) is 47.1. The van der Waals surface area contributed by atoms with Gasteiger partial charge in [0.15, 0.2) is 36.7 Å². The lowest BCUT2D eigenvalue weighted by Gasteiger charge is -2.41. The number of carbonyl (C=O) groups excluding carboxylic acids is 7. The minimum absolute atomic E-state index is 0. The molecule has 2 aromatic heterocycles. The Kier molecular flexibility index (Phi) is 26.1. The van der Waals surface area contributed by atoms with E-state index in [1.165, 1.54) is 36.7 Å². The van der Waals surface area contributed by atoms with E-state index in [1.807, 2.05) is 13.8 Å². The molecule has 0 spiro atoms. The van der Waals surface area contributed by atoms with E-state index in [0.717, 1.165) is 11.0 Å². The van der Waals surface area contributed by atoms with Crippen molar-refractivity contribution >= 4 is 41.8 Å². The van der Waals surface area contributed by atoms with E-state index < -0.39 is 108 Å². The van der Waals surface area contributed by atoms with Crippen LogP contribution < -0.4 is 22.5 Å². The van der Waals surface area contributed by atoms with Crippen LogP contribution in [0.4, 0.5) is 0 Å². The number of aromatic amines is 3. The van der Waals surface area contributed by atoms with Gasteiger partial charge in [-0.25, -0.2) is 43.2 Å². The highest BCUT2D eigenvalue weighted by Gasteiger charge is 2.51. The van der Waals surface area contributed by atoms with E-state index in [1.54, 1.807) is 188 Å². The van der Waals surface area contributed by atoms with E-state index in [0.29, 0.717) is 30.4 Å². The molecule has 2 fully saturated rings. The van der Waals surface area contributed by atoms with Crippen molar-refractivity contribution in [2.24, 2.45) is 0 Å². The third-order valence-corrected chi connectivity index (χ3v) is 14.8. The Morgan fingerprint density at radius 1 is 0.388 bits per heavy atom. The van der Waals surface area contributed by atoms with Gasteiger partial charge in [-0.05, 0) is 97.8 Å². The molecule has 2 aliphatic heterocycles. The lowest BCUT2D eigenvalue weighted by atomic mass is 10.0. The zero-order chi connectivity index (χ0) is 68.6. The van der Waals surface area contributed by atoms with Crippen molar-refractivity contribution in [1.29, 1.82) is 0 Å². The Hall–Kier alpha value is -11.9. The predicted molar refractivity (Wildman–Crippen MR) is 354 cm³/mol. The van der Waals surface area contributed by atoms with Crippen LogP contribution in [0, 0.1) is 0 Å². The van der Waals surface area contributed by atoms with Gasteiger partial charge in [0, 0.05) is 23.5 Å². The van der Waals surface area contributed by atoms with Gasteiger partial charge in [0.2, 0.25) is 12.4 Å². The van der Waals surface area contributed by atoms with Gasteiger partial charge in [-0.1, -0.05) is 162 Å². The number of hydrogen-bond donors (Lipinski definition) is 3. The summed E-state index contributed by atoms with van der Waals surface area (Å²) < 4.78 is 53.4. The molecule has 11 rings (SSSR count). The molecule has 8 atom stereocenters. The molecule has 98 heavy (non-hydrogen) atoms. The average Bonchev–Trinajstić information content (AvgIpc) is 0.787. The maximum Gasteiger partial charge on any atom is 0.340 e. The number of rotatable bonds is 19. The van der Waals surface area contributed by atoms with Crippen LogP contribution in [0.3, 0.4) is 0 Å². The molecule has 0 aliphatic carbocycles. The SMILES string of the molecule is C.CCCc1c[nH]c(=O)[nH]c1=O.CCCc1cn(C2OCC(OC(=O)c3ccccc3)C(OC(=O)c3ccccc3)C2OC(=O)c2ccccc2)c(=O)[nH]c1=O.O=C(OC1COC(OC(=O)c2ccccc2)C(OC(=O)c2ccccc2)C1OC(=O)c1ccccc1)c1ccccc1. The van der Waals surface area contributed by atoms with E-state index in [-0.39, 0.29) is 65.1 Å². The Balaban J connectivity index is 0.000000214. The second-order valence-electron chi connectivity index (χ2n) is 21.7. The Morgan fingerprint density at radius 2 is 0.694 bits per heavy atom. The third-order valence-electron chi connectivity index (χ3n) is 14.8. The van der Waals surface area contributed by atoms with Crippen molar-refractivity contribution in [2.45, 2.75) is 96.1 Å². The number of carbonyl (C=O) groups is 7. The van der Waals surface area contributed by atoms with Crippen LogP contribution in [0.5, 0.6) is 0 Å². The fourth-order valence-electron chi connectivity index (χ4n) is 10.0. The van der Waals surface area contributed by atoms with Gasteiger partial charge in [0.05, 0.1) is 52.2 Å². The topological polar surface area (TPSA) is 323 Å². The fourth-order valence-corrected chi connectivity index (χ4v) is 10.0. The highest BCUT2D eigenvalue weighted by Crippen LogP contribution is 2.33. The molecule has 2 saturated heterocycles. The van der Waals surface area contributed by atoms with Crippen LogP contribution in [-0.2, 0) is 55.5 Å². The van der Waals surface area contributed by atoms with E-state index in [2.05, 4.69) is 15.0 Å². The highest BCUT2D eigenvalue weighted by molar-refractivity contribution is 5.93. The summed E-state index contributed by atoms with van der Waals surface area (Å²) in [4.78, 5) is 146. The minimum Gasteiger partial charge on any atom is -0.452 e. The summed E-state index contributed by atoms with van der Waals surface area (Å²) in [6.07, 6.45) is -5.74. The molecule has 9 aromatic rings. The summed E-state index contributed by atoms with van der Waals surface area (Å²) in [6.45, 7) is 3.20. The summed E-state index contributed by atoms with van der Waals surface area (Å²) in [5.41, 5.74) is 0.332. The summed E-state index contributed by atoms with van der Waals surface area (Å²) in [5.74, 6) is -5.33. The summed E-state index contributed by atoms with van der Waals surface area (Å²) in [5, 5.41) is 0. The molecule has 0 radical (unpaired) electrons. The number of ether oxygens (including phenoxy) is 9. The van der Waals surface area contributed by atoms with Gasteiger partial charge < -0.3 is 47.6 Å². The Morgan fingerprint density at radius 3 is 1.06 bits per heavy atom. The molecule has 3 N–H and O–H groups in total. The number of esters is 7. The molecule has 0 bridgehead atoms. The molecule has 7 aromatic carbocycles. The van der Waals surface area contributed by atoms with Crippen molar-refractivity contribution in [1.82, 2.24) is 19.5 Å². The quantitative estimate of drug-likeness (QED) is 0.0501. The molecule has 0 amide bonds. The first-order valence-electron chi connectivity index (χ1n) is 30.8. The van der Waals surface area contributed by atoms with Crippen LogP contribution in [0.15, 0.2) is 244 Å². The van der Waals surface area contributed by atoms with E-state index in [4.69, 9.17) is 42.6 Å². The van der Waals surface area contributed by atoms with Crippen LogP contribution in [-0.4, -0.2) is 117 Å². The number of H-pyrrole nitrogens is 3. The number of aryl methyl sites for hydroxylation is 2. The lowest BCUT2D eigenvalue weighted by Crippen LogP contribution is -2.58. The fraction of sp³-hybridized carbons (Fsp3) is 0.230. The van der Waals surface area contributed by atoms with Crippen LogP contribution >= 0.6 is 0 Å². The molecule has 0 saturated carbocycles. The number of nitrogens with one attached hydrogen (secondary N) is 3. The Labute approximate surface area is 561 Å². The summed E-state index contributed by atoms with van der Waals surface area (Å²) in [7, 11) is 0. The summed E-state index contributed by atoms with van der Waals surface area (Å²) >= 11 is 0. The van der Waals surface area contributed by atoms with Crippen molar-refractivity contribution in [3.8, 4) is 0 Å². The second-order valence-corrected chi connectivity index (χ2v) is 21.7. The van der Waals surface area contributed by atoms with Crippen LogP contribution in [0.2, 0.25) is 0 Å². The largest absolute Gasteiger partial charge is 0.452 e. The van der Waals surface area contributed by atoms with Gasteiger partial charge in [-0.2, -0.15) is 0 Å². The van der Waals surface area contributed by atoms with Gasteiger partial charge in [-0.15, -0.1) is 0 Å². The smallest absolute Gasteiger partial charge is 0.340 e. The standard InChI is InChI=1S/C33H30N2O9.C33H26O9.C7H10N2O2.CH4/c1-2-12-24-19-35(33(40)34-28(24)36)29-27(44-32(39)23-17-10-5-11-18-23)26(43-31(38)22-15-8-4-9-16-22)25(20-41-29)42-30(37)21-13-6-3-7-14-21;34-29(22-13-5-1-6-14-22)39-26-21-38-33(42-32(37)25-19-11-4-12-20-25)28(41-31(36)24-17-9-3-10-18-24)27(26)40-30(35)23-15-7-2-8-16-23;1-2-3-5-4-8-7(11)9-6(5)10;/h3-11,13-19,25-27,29H,2,12,20H2,1H3,(H,34,36,40);1-20,26-28,33H,21H2;4H,2-3H2,1H3,(H2,8,9,10,11);1H4. The number of nitrogens with zero attached hydrogens (tertiary/aromatic N) is 1. The zero-order valence-corrected chi connectivity index (χ0v) is 52.3. The maximum absolute atomic E-state index is 13.4. The van der Waals surface area contributed by atoms with Gasteiger partial charge in [0.1, 0.15) is 0 Å². The van der Waals surface area contributed by atoms with Crippen molar-refractivity contribution in [3.63, 3.8) is 0 Å². The molecular formula is C74H70N4O20. The van der Waals surface area contributed by atoms with Gasteiger partial charge in [-0.3, -0.25) is 24.1 Å². The Bertz CT molecular complexity index is 4250. The van der Waals surface area contributed by atoms with Crippen molar-refractivity contribution in [2.75, 3.05) is 13.2 Å². The minimum atomic E-state index is -1.50. The van der Waals surface area contributed by atoms with E-state index in [9.17, 15) is 52.7 Å². The lowest BCUT2D eigenvalue weighted by molar-refractivity contribution is -0.250.